The first kappa shape index (κ1) is 16.4. The standard InChI is InChI=1S/C12H18N2O2.C2H4O2/c1-8-7-11(15)14-12(13-8)9-3-5-10(16-2)6-4-9;1-4-2-3/h7,9-10H,3-6H2,1-2H3,(H,13,14,15);2H,1H3/t9-,10+;. The van der Waals surface area contributed by atoms with Crippen LogP contribution in [-0.2, 0) is 14.3 Å². The number of methoxy groups -OCH3 is 2. The Labute approximate surface area is 118 Å². The van der Waals surface area contributed by atoms with Crippen molar-refractivity contribution in [3.05, 3.63) is 27.9 Å². The van der Waals surface area contributed by atoms with Crippen LogP contribution in [-0.4, -0.2) is 36.8 Å². The number of hydrogen-bond donors (Lipinski definition) is 1. The van der Waals surface area contributed by atoms with E-state index in [0.717, 1.165) is 37.2 Å². The van der Waals surface area contributed by atoms with E-state index in [-0.39, 0.29) is 5.56 Å². The molecule has 6 heteroatoms. The summed E-state index contributed by atoms with van der Waals surface area (Å²) < 4.78 is 9.19. The summed E-state index contributed by atoms with van der Waals surface area (Å²) in [5, 5.41) is 0. The first-order valence-electron chi connectivity index (χ1n) is 6.67. The second-order valence-electron chi connectivity index (χ2n) is 4.81. The van der Waals surface area contributed by atoms with E-state index in [4.69, 9.17) is 9.53 Å². The van der Waals surface area contributed by atoms with Gasteiger partial charge in [0.1, 0.15) is 5.82 Å². The van der Waals surface area contributed by atoms with Crippen LogP contribution in [0.4, 0.5) is 0 Å². The van der Waals surface area contributed by atoms with Crippen molar-refractivity contribution in [1.82, 2.24) is 9.97 Å². The number of nitrogens with one attached hydrogen (secondary N) is 1. The van der Waals surface area contributed by atoms with Crippen LogP contribution in [0.1, 0.15) is 43.1 Å². The van der Waals surface area contributed by atoms with Gasteiger partial charge in [0.15, 0.2) is 0 Å². The van der Waals surface area contributed by atoms with Crippen molar-refractivity contribution in [2.75, 3.05) is 14.2 Å². The Bertz CT molecular complexity index is 464. The Morgan fingerprint density at radius 2 is 1.90 bits per heavy atom. The molecule has 1 N–H and O–H groups in total. The molecule has 0 bridgehead atoms. The third kappa shape index (κ3) is 5.13. The van der Waals surface area contributed by atoms with Gasteiger partial charge < -0.3 is 14.5 Å². The fourth-order valence-corrected chi connectivity index (χ4v) is 2.37. The second kappa shape index (κ2) is 8.47. The van der Waals surface area contributed by atoms with Crippen molar-refractivity contribution in [3.63, 3.8) is 0 Å². The molecule has 1 aliphatic carbocycles. The molecule has 0 aromatic carbocycles. The number of carbonyl (C=O) groups is 1. The molecular weight excluding hydrogens is 260 g/mol. The van der Waals surface area contributed by atoms with E-state index < -0.39 is 0 Å². The number of carbonyl (C=O) groups excluding carboxylic acids is 1. The molecule has 1 heterocycles. The quantitative estimate of drug-likeness (QED) is 0.850. The molecule has 1 aromatic heterocycles. The minimum atomic E-state index is -0.0450. The highest BCUT2D eigenvalue weighted by Crippen LogP contribution is 2.31. The van der Waals surface area contributed by atoms with Crippen molar-refractivity contribution in [3.8, 4) is 0 Å². The fourth-order valence-electron chi connectivity index (χ4n) is 2.37. The molecular formula is C14H22N2O4. The molecule has 0 aliphatic heterocycles. The number of aromatic amines is 1. The van der Waals surface area contributed by atoms with Gasteiger partial charge in [0.25, 0.3) is 12.0 Å². The lowest BCUT2D eigenvalue weighted by atomic mass is 9.87. The highest BCUT2D eigenvalue weighted by Gasteiger charge is 2.23. The van der Waals surface area contributed by atoms with Gasteiger partial charge in [-0.15, -0.1) is 0 Å². The smallest absolute Gasteiger partial charge is 0.292 e. The van der Waals surface area contributed by atoms with Crippen LogP contribution in [0.25, 0.3) is 0 Å². The van der Waals surface area contributed by atoms with Crippen LogP contribution in [0.15, 0.2) is 10.9 Å². The Morgan fingerprint density at radius 3 is 2.35 bits per heavy atom. The van der Waals surface area contributed by atoms with Crippen molar-refractivity contribution in [1.29, 1.82) is 0 Å². The maximum Gasteiger partial charge on any atom is 0.292 e. The topological polar surface area (TPSA) is 81.3 Å². The van der Waals surface area contributed by atoms with E-state index in [1.807, 2.05) is 6.92 Å². The zero-order valence-corrected chi connectivity index (χ0v) is 12.2. The largest absolute Gasteiger partial charge is 0.471 e. The van der Waals surface area contributed by atoms with Gasteiger partial charge in [-0.2, -0.15) is 0 Å². The van der Waals surface area contributed by atoms with Gasteiger partial charge in [0.05, 0.1) is 13.2 Å². The first-order valence-corrected chi connectivity index (χ1v) is 6.67. The summed E-state index contributed by atoms with van der Waals surface area (Å²) in [6.45, 7) is 2.24. The average Bonchev–Trinajstić information content (AvgIpc) is 2.46. The Morgan fingerprint density at radius 1 is 1.30 bits per heavy atom. The van der Waals surface area contributed by atoms with E-state index in [1.54, 1.807) is 7.11 Å². The molecule has 2 rings (SSSR count). The van der Waals surface area contributed by atoms with Gasteiger partial charge in [0, 0.05) is 24.8 Å². The molecule has 1 aliphatic rings. The van der Waals surface area contributed by atoms with E-state index in [0.29, 0.717) is 18.5 Å². The summed E-state index contributed by atoms with van der Waals surface area (Å²) in [5.41, 5.74) is 0.754. The van der Waals surface area contributed by atoms with E-state index in [1.165, 1.54) is 13.2 Å². The van der Waals surface area contributed by atoms with Crippen molar-refractivity contribution < 1.29 is 14.3 Å². The van der Waals surface area contributed by atoms with Crippen LogP contribution in [0.2, 0.25) is 0 Å². The minimum Gasteiger partial charge on any atom is -0.471 e. The molecule has 0 spiro atoms. The number of H-pyrrole nitrogens is 1. The van der Waals surface area contributed by atoms with Gasteiger partial charge in [-0.1, -0.05) is 0 Å². The third-order valence-corrected chi connectivity index (χ3v) is 3.38. The van der Waals surface area contributed by atoms with E-state index in [2.05, 4.69) is 14.7 Å². The van der Waals surface area contributed by atoms with Crippen LogP contribution in [0.5, 0.6) is 0 Å². The van der Waals surface area contributed by atoms with Gasteiger partial charge >= 0.3 is 0 Å². The van der Waals surface area contributed by atoms with Crippen LogP contribution in [0, 0.1) is 6.92 Å². The molecule has 0 radical (unpaired) electrons. The Hall–Kier alpha value is -1.69. The molecule has 1 saturated carbocycles. The molecule has 6 nitrogen and oxygen atoms in total. The van der Waals surface area contributed by atoms with Crippen molar-refractivity contribution >= 4 is 6.47 Å². The molecule has 1 aromatic rings. The number of aromatic nitrogens is 2. The average molecular weight is 282 g/mol. The molecule has 1 fully saturated rings. The molecule has 0 atom stereocenters. The summed E-state index contributed by atoms with van der Waals surface area (Å²) in [4.78, 5) is 27.6. The molecule has 0 saturated heterocycles. The maximum atomic E-state index is 11.4. The van der Waals surface area contributed by atoms with Gasteiger partial charge in [-0.3, -0.25) is 9.59 Å². The fraction of sp³-hybridized carbons (Fsp3) is 0.643. The summed E-state index contributed by atoms with van der Waals surface area (Å²) in [7, 11) is 3.07. The highest BCUT2D eigenvalue weighted by atomic mass is 16.5. The lowest BCUT2D eigenvalue weighted by Crippen LogP contribution is -2.22. The number of hydrogen-bond acceptors (Lipinski definition) is 5. The van der Waals surface area contributed by atoms with E-state index in [9.17, 15) is 4.79 Å². The number of nitrogens with zero attached hydrogens (tertiary/aromatic N) is 1. The summed E-state index contributed by atoms with van der Waals surface area (Å²) >= 11 is 0. The molecule has 0 amide bonds. The predicted molar refractivity (Wildman–Crippen MR) is 74.7 cm³/mol. The predicted octanol–water partition coefficient (Wildman–Crippen LogP) is 1.54. The minimum absolute atomic E-state index is 0.0450. The monoisotopic (exact) mass is 282 g/mol. The zero-order valence-electron chi connectivity index (χ0n) is 12.2. The van der Waals surface area contributed by atoms with E-state index >= 15 is 0 Å². The highest BCUT2D eigenvalue weighted by molar-refractivity contribution is 5.36. The van der Waals surface area contributed by atoms with Crippen molar-refractivity contribution in [2.45, 2.75) is 44.6 Å². The van der Waals surface area contributed by atoms with Crippen molar-refractivity contribution in [2.24, 2.45) is 0 Å². The van der Waals surface area contributed by atoms with Crippen LogP contribution >= 0.6 is 0 Å². The number of ether oxygens (including phenoxy) is 2. The number of rotatable bonds is 3. The second-order valence-corrected chi connectivity index (χ2v) is 4.81. The summed E-state index contributed by atoms with van der Waals surface area (Å²) in [6, 6.07) is 1.53. The summed E-state index contributed by atoms with van der Waals surface area (Å²) in [5.74, 6) is 1.23. The SMILES string of the molecule is COC=O.CO[C@H]1CC[C@@H](c2nc(C)cc(=O)[nH]2)CC1. The van der Waals surface area contributed by atoms with Crippen LogP contribution < -0.4 is 5.56 Å². The van der Waals surface area contributed by atoms with Gasteiger partial charge in [-0.25, -0.2) is 4.98 Å². The summed E-state index contributed by atoms with van der Waals surface area (Å²) in [6.07, 6.45) is 4.58. The lowest BCUT2D eigenvalue weighted by Gasteiger charge is -2.26. The molecule has 112 valence electrons. The van der Waals surface area contributed by atoms with Gasteiger partial charge in [0.2, 0.25) is 0 Å². The normalized spacial score (nSPS) is 21.6. The number of aryl methyl sites for hydroxylation is 1. The first-order chi connectivity index (χ1) is 9.60. The Balaban J connectivity index is 0.000000444. The maximum absolute atomic E-state index is 11.4. The molecule has 20 heavy (non-hydrogen) atoms. The van der Waals surface area contributed by atoms with Crippen LogP contribution in [0.3, 0.4) is 0 Å². The third-order valence-electron chi connectivity index (χ3n) is 3.38. The molecule has 0 unspecified atom stereocenters. The Kier molecular flexibility index (Phi) is 6.93. The van der Waals surface area contributed by atoms with Gasteiger partial charge in [-0.05, 0) is 32.6 Å². The lowest BCUT2D eigenvalue weighted by molar-refractivity contribution is -0.126. The zero-order chi connectivity index (χ0) is 15.0.